The molecule has 0 spiro atoms. The van der Waals surface area contributed by atoms with Crippen molar-refractivity contribution in [3.63, 3.8) is 0 Å². The normalized spacial score (nSPS) is 11.2. The molecule has 0 saturated carbocycles. The third kappa shape index (κ3) is 2.74. The number of nitrogens with zero attached hydrogens (tertiary/aromatic N) is 3. The summed E-state index contributed by atoms with van der Waals surface area (Å²) in [5.41, 5.74) is 7.87. The third-order valence-electron chi connectivity index (χ3n) is 0.866. The van der Waals surface area contributed by atoms with Gasteiger partial charge in [-0.1, -0.05) is 11.2 Å². The molecule has 0 aliphatic heterocycles. The van der Waals surface area contributed by atoms with Gasteiger partial charge in [0, 0.05) is 4.91 Å². The van der Waals surface area contributed by atoms with E-state index >= 15 is 0 Å². The first-order chi connectivity index (χ1) is 4.72. The number of carbonyl (C=O) groups is 1. The van der Waals surface area contributed by atoms with E-state index in [4.69, 9.17) is 10.6 Å². The average molecular weight is 141 g/mol. The second-order valence-corrected chi connectivity index (χ2v) is 1.58. The molecule has 0 rings (SSSR count). The SMILES string of the molecule is C=CC[C@@H](N=[N+]=[N-])C(=O)O. The predicted molar refractivity (Wildman–Crippen MR) is 35.4 cm³/mol. The minimum absolute atomic E-state index is 0.166. The fraction of sp³-hybridized carbons (Fsp3) is 0.400. The highest BCUT2D eigenvalue weighted by atomic mass is 16.4. The molecule has 0 unspecified atom stereocenters. The van der Waals surface area contributed by atoms with E-state index in [2.05, 4.69) is 16.6 Å². The van der Waals surface area contributed by atoms with Gasteiger partial charge < -0.3 is 5.11 Å². The zero-order valence-electron chi connectivity index (χ0n) is 5.27. The van der Waals surface area contributed by atoms with Crippen molar-refractivity contribution in [2.24, 2.45) is 5.11 Å². The molecule has 0 saturated heterocycles. The molecule has 0 fully saturated rings. The summed E-state index contributed by atoms with van der Waals surface area (Å²) in [6, 6.07) is -1.01. The standard InChI is InChI=1S/C5H7N3O2/c1-2-3-4(5(9)10)7-8-6/h2,4H,1,3H2,(H,9,10)/t4-/m1/s1. The first-order valence-electron chi connectivity index (χ1n) is 2.60. The summed E-state index contributed by atoms with van der Waals surface area (Å²) in [7, 11) is 0. The van der Waals surface area contributed by atoms with E-state index in [1.165, 1.54) is 6.08 Å². The smallest absolute Gasteiger partial charge is 0.312 e. The van der Waals surface area contributed by atoms with Crippen LogP contribution < -0.4 is 0 Å². The maximum Gasteiger partial charge on any atom is 0.312 e. The lowest BCUT2D eigenvalue weighted by Gasteiger charge is -1.98. The minimum atomic E-state index is -1.13. The van der Waals surface area contributed by atoms with Crippen LogP contribution in [0, 0.1) is 0 Å². The maximum atomic E-state index is 10.2. The van der Waals surface area contributed by atoms with E-state index in [-0.39, 0.29) is 6.42 Å². The molecule has 1 N–H and O–H groups in total. The summed E-state index contributed by atoms with van der Waals surface area (Å²) < 4.78 is 0. The molecular formula is C5H7N3O2. The topological polar surface area (TPSA) is 86.1 Å². The van der Waals surface area contributed by atoms with Crippen molar-refractivity contribution in [3.8, 4) is 0 Å². The molecule has 5 nitrogen and oxygen atoms in total. The van der Waals surface area contributed by atoms with Gasteiger partial charge in [-0.2, -0.15) is 0 Å². The molecule has 0 aromatic heterocycles. The molecule has 0 bridgehead atoms. The molecule has 0 radical (unpaired) electrons. The summed E-state index contributed by atoms with van der Waals surface area (Å²) in [5.74, 6) is -1.13. The van der Waals surface area contributed by atoms with Gasteiger partial charge in [0.15, 0.2) is 0 Å². The first kappa shape index (κ1) is 8.52. The highest BCUT2D eigenvalue weighted by Gasteiger charge is 2.11. The van der Waals surface area contributed by atoms with Gasteiger partial charge in [-0.05, 0) is 12.0 Å². The Morgan fingerprint density at radius 2 is 2.60 bits per heavy atom. The Morgan fingerprint density at radius 3 is 2.90 bits per heavy atom. The van der Waals surface area contributed by atoms with E-state index in [1.54, 1.807) is 0 Å². The Labute approximate surface area is 57.6 Å². The fourth-order valence-electron chi connectivity index (χ4n) is 0.418. The fourth-order valence-corrected chi connectivity index (χ4v) is 0.418. The number of azide groups is 1. The van der Waals surface area contributed by atoms with Crippen molar-refractivity contribution < 1.29 is 9.90 Å². The van der Waals surface area contributed by atoms with Crippen LogP contribution in [-0.4, -0.2) is 17.1 Å². The molecule has 0 aromatic carbocycles. The van der Waals surface area contributed by atoms with Gasteiger partial charge >= 0.3 is 5.97 Å². The van der Waals surface area contributed by atoms with Crippen LogP contribution >= 0.6 is 0 Å². The van der Waals surface area contributed by atoms with Crippen LogP contribution in [0.15, 0.2) is 17.8 Å². The summed E-state index contributed by atoms with van der Waals surface area (Å²) >= 11 is 0. The largest absolute Gasteiger partial charge is 0.481 e. The molecule has 5 heteroatoms. The second-order valence-electron chi connectivity index (χ2n) is 1.58. The minimum Gasteiger partial charge on any atom is -0.481 e. The molecule has 1 atom stereocenters. The third-order valence-corrected chi connectivity index (χ3v) is 0.866. The van der Waals surface area contributed by atoms with Gasteiger partial charge in [-0.25, -0.2) is 0 Å². The lowest BCUT2D eigenvalue weighted by atomic mass is 10.2. The van der Waals surface area contributed by atoms with Crippen LogP contribution in [0.25, 0.3) is 10.4 Å². The number of rotatable bonds is 4. The molecular weight excluding hydrogens is 134 g/mol. The second kappa shape index (κ2) is 4.40. The molecule has 0 amide bonds. The van der Waals surface area contributed by atoms with Gasteiger partial charge in [-0.3, -0.25) is 4.79 Å². The number of carboxylic acids is 1. The molecule has 0 heterocycles. The lowest BCUT2D eigenvalue weighted by Crippen LogP contribution is -2.15. The van der Waals surface area contributed by atoms with Crippen LogP contribution in [0.3, 0.4) is 0 Å². The molecule has 0 aliphatic carbocycles. The van der Waals surface area contributed by atoms with Crippen molar-refractivity contribution in [3.05, 3.63) is 23.1 Å². The highest BCUT2D eigenvalue weighted by molar-refractivity contribution is 5.73. The van der Waals surface area contributed by atoms with Crippen molar-refractivity contribution >= 4 is 5.97 Å². The lowest BCUT2D eigenvalue weighted by molar-refractivity contribution is -0.138. The Hall–Kier alpha value is -1.48. The van der Waals surface area contributed by atoms with E-state index in [0.29, 0.717) is 0 Å². The van der Waals surface area contributed by atoms with Crippen LogP contribution in [-0.2, 0) is 4.79 Å². The zero-order valence-corrected chi connectivity index (χ0v) is 5.27. The van der Waals surface area contributed by atoms with Crippen molar-refractivity contribution in [1.29, 1.82) is 0 Å². The van der Waals surface area contributed by atoms with E-state index in [1.807, 2.05) is 0 Å². The predicted octanol–water partition coefficient (Wildman–Crippen LogP) is 1.33. The van der Waals surface area contributed by atoms with Gasteiger partial charge in [0.25, 0.3) is 0 Å². The molecule has 0 aliphatic rings. The van der Waals surface area contributed by atoms with Crippen LogP contribution in [0.5, 0.6) is 0 Å². The quantitative estimate of drug-likeness (QED) is 0.277. The molecule has 54 valence electrons. The first-order valence-corrected chi connectivity index (χ1v) is 2.60. The summed E-state index contributed by atoms with van der Waals surface area (Å²) in [6.07, 6.45) is 1.56. The molecule has 0 aromatic rings. The van der Waals surface area contributed by atoms with E-state index in [0.717, 1.165) is 0 Å². The van der Waals surface area contributed by atoms with Crippen LogP contribution in [0.1, 0.15) is 6.42 Å². The van der Waals surface area contributed by atoms with Gasteiger partial charge in [0.2, 0.25) is 0 Å². The van der Waals surface area contributed by atoms with Crippen LogP contribution in [0.4, 0.5) is 0 Å². The number of carboxylic acid groups (broad SMARTS) is 1. The Balaban J connectivity index is 4.10. The monoisotopic (exact) mass is 141 g/mol. The van der Waals surface area contributed by atoms with Crippen molar-refractivity contribution in [1.82, 2.24) is 0 Å². The Bertz CT molecular complexity index is 181. The average Bonchev–Trinajstić information content (AvgIpc) is 1.87. The number of aliphatic carboxylic acids is 1. The summed E-state index contributed by atoms with van der Waals surface area (Å²) in [6.45, 7) is 3.32. The maximum absolute atomic E-state index is 10.2. The van der Waals surface area contributed by atoms with Crippen molar-refractivity contribution in [2.45, 2.75) is 12.5 Å². The van der Waals surface area contributed by atoms with Gasteiger partial charge in [0.1, 0.15) is 6.04 Å². The Kier molecular flexibility index (Phi) is 3.75. The summed E-state index contributed by atoms with van der Waals surface area (Å²) in [4.78, 5) is 12.5. The highest BCUT2D eigenvalue weighted by Crippen LogP contribution is 1.98. The van der Waals surface area contributed by atoms with Crippen molar-refractivity contribution in [2.75, 3.05) is 0 Å². The number of hydrogen-bond donors (Lipinski definition) is 1. The van der Waals surface area contributed by atoms with Gasteiger partial charge in [-0.15, -0.1) is 6.58 Å². The number of hydrogen-bond acceptors (Lipinski definition) is 2. The van der Waals surface area contributed by atoms with E-state index in [9.17, 15) is 4.79 Å². The molecule has 10 heavy (non-hydrogen) atoms. The van der Waals surface area contributed by atoms with E-state index < -0.39 is 12.0 Å². The zero-order chi connectivity index (χ0) is 7.98. The van der Waals surface area contributed by atoms with Crippen LogP contribution in [0.2, 0.25) is 0 Å². The summed E-state index contributed by atoms with van der Waals surface area (Å²) in [5, 5.41) is 11.3. The van der Waals surface area contributed by atoms with Gasteiger partial charge in [0.05, 0.1) is 0 Å². The Morgan fingerprint density at radius 1 is 2.00 bits per heavy atom.